The minimum atomic E-state index is -5.45. The van der Waals surface area contributed by atoms with Gasteiger partial charge in [-0.2, -0.15) is 13.2 Å². The molecule has 3 rings (SSSR count). The Kier molecular flexibility index (Phi) is 5.74. The summed E-state index contributed by atoms with van der Waals surface area (Å²) in [6.07, 6.45) is 6.78. The molecule has 0 bridgehead atoms. The molecule has 0 N–H and O–H groups in total. The summed E-state index contributed by atoms with van der Waals surface area (Å²) in [5.41, 5.74) is -4.86. The molecule has 1 fully saturated rings. The maximum Gasteiger partial charge on any atom is 0.501 e. The molecule has 0 atom stereocenters. The van der Waals surface area contributed by atoms with Gasteiger partial charge in [0.1, 0.15) is 5.49 Å². The summed E-state index contributed by atoms with van der Waals surface area (Å²) in [6.45, 7) is 0. The third-order valence-electron chi connectivity index (χ3n) is 4.66. The summed E-state index contributed by atoms with van der Waals surface area (Å²) >= 11 is 0. The van der Waals surface area contributed by atoms with Gasteiger partial charge in [0.15, 0.2) is 0 Å². The first-order valence-electron chi connectivity index (χ1n) is 8.88. The molecule has 0 radical (unpaired) electrons. The third-order valence-corrected chi connectivity index (χ3v) is 6.17. The van der Waals surface area contributed by atoms with Gasteiger partial charge in [0, 0.05) is 11.8 Å². The van der Waals surface area contributed by atoms with E-state index in [1.54, 1.807) is 18.2 Å². The van der Waals surface area contributed by atoms with Crippen LogP contribution in [0.4, 0.5) is 13.2 Å². The first kappa shape index (κ1) is 20.3. The van der Waals surface area contributed by atoms with Crippen molar-refractivity contribution in [1.82, 2.24) is 4.57 Å². The van der Waals surface area contributed by atoms with Crippen LogP contribution >= 0.6 is 0 Å². The van der Waals surface area contributed by atoms with Gasteiger partial charge < -0.3 is 0 Å². The Morgan fingerprint density at radius 1 is 1.00 bits per heavy atom. The van der Waals surface area contributed by atoms with E-state index in [1.807, 2.05) is 0 Å². The van der Waals surface area contributed by atoms with E-state index in [2.05, 4.69) is 4.99 Å². The van der Waals surface area contributed by atoms with Crippen LogP contribution < -0.4 is 5.49 Å². The predicted molar refractivity (Wildman–Crippen MR) is 96.3 cm³/mol. The second-order valence-corrected chi connectivity index (χ2v) is 8.57. The van der Waals surface area contributed by atoms with E-state index in [0.717, 1.165) is 49.9 Å². The minimum Gasteiger partial charge on any atom is -0.268 e. The number of halogens is 3. The van der Waals surface area contributed by atoms with E-state index < -0.39 is 26.1 Å². The number of nitrogens with zero attached hydrogens (tertiary/aromatic N) is 2. The molecule has 1 saturated carbocycles. The van der Waals surface area contributed by atoms with E-state index in [9.17, 15) is 26.4 Å². The number of carbonyl (C=O) groups excluding carboxylic acids is 1. The van der Waals surface area contributed by atoms with Crippen molar-refractivity contribution in [3.05, 3.63) is 59.7 Å². The molecule has 1 aliphatic carbocycles. The van der Waals surface area contributed by atoms with Crippen molar-refractivity contribution >= 4 is 15.7 Å². The van der Waals surface area contributed by atoms with Gasteiger partial charge >= 0.3 is 5.51 Å². The lowest BCUT2D eigenvalue weighted by Gasteiger charge is -2.17. The van der Waals surface area contributed by atoms with Gasteiger partial charge in [-0.3, -0.25) is 14.4 Å². The summed E-state index contributed by atoms with van der Waals surface area (Å²) in [6, 6.07) is 8.97. The molecule has 1 aliphatic rings. The molecule has 0 unspecified atom stereocenters. The summed E-state index contributed by atoms with van der Waals surface area (Å²) < 4.78 is 62.2. The number of alkyl halides is 3. The fourth-order valence-electron chi connectivity index (χ4n) is 3.16. The summed E-state index contributed by atoms with van der Waals surface area (Å²) in [4.78, 5) is 16.5. The molecule has 28 heavy (non-hydrogen) atoms. The topological polar surface area (TPSA) is 68.5 Å². The lowest BCUT2D eigenvalue weighted by molar-refractivity contribution is -0.0436. The first-order valence-corrected chi connectivity index (χ1v) is 10.4. The molecule has 0 spiro atoms. The minimum absolute atomic E-state index is 0.0671. The van der Waals surface area contributed by atoms with E-state index in [4.69, 9.17) is 0 Å². The zero-order valence-electron chi connectivity index (χ0n) is 14.9. The van der Waals surface area contributed by atoms with Gasteiger partial charge in [0.25, 0.3) is 15.7 Å². The average molecular weight is 412 g/mol. The number of hydrogen-bond acceptors (Lipinski definition) is 4. The van der Waals surface area contributed by atoms with Crippen LogP contribution in [-0.4, -0.2) is 30.4 Å². The fourth-order valence-corrected chi connectivity index (χ4v) is 3.92. The van der Waals surface area contributed by atoms with E-state index >= 15 is 0 Å². The Balaban J connectivity index is 1.92. The second kappa shape index (κ2) is 7.90. The second-order valence-electron chi connectivity index (χ2n) is 6.63. The zero-order valence-corrected chi connectivity index (χ0v) is 15.7. The summed E-state index contributed by atoms with van der Waals surface area (Å²) in [5, 5.41) is 0. The monoisotopic (exact) mass is 412 g/mol. The molecule has 0 aliphatic heterocycles. The maximum atomic E-state index is 12.8. The van der Waals surface area contributed by atoms with Gasteiger partial charge in [0.2, 0.25) is 0 Å². The van der Waals surface area contributed by atoms with E-state index in [-0.39, 0.29) is 11.6 Å². The van der Waals surface area contributed by atoms with Crippen molar-refractivity contribution < 1.29 is 26.4 Å². The summed E-state index contributed by atoms with van der Waals surface area (Å²) in [7, 11) is -5.45. The van der Waals surface area contributed by atoms with Crippen LogP contribution in [0.15, 0.2) is 58.5 Å². The average Bonchev–Trinajstić information content (AvgIpc) is 2.68. The van der Waals surface area contributed by atoms with Gasteiger partial charge in [-0.1, -0.05) is 25.3 Å². The van der Waals surface area contributed by atoms with E-state index in [0.29, 0.717) is 5.49 Å². The van der Waals surface area contributed by atoms with Crippen LogP contribution in [0, 0.1) is 0 Å². The van der Waals surface area contributed by atoms with Gasteiger partial charge in [-0.15, -0.1) is 0 Å². The quantitative estimate of drug-likeness (QED) is 0.772. The Bertz CT molecular complexity index is 1020. The molecule has 1 aromatic carbocycles. The van der Waals surface area contributed by atoms with Crippen molar-refractivity contribution in [2.75, 3.05) is 0 Å². The Morgan fingerprint density at radius 2 is 1.64 bits per heavy atom. The number of carbonyl (C=O) groups is 1. The third kappa shape index (κ3) is 4.19. The highest BCUT2D eigenvalue weighted by molar-refractivity contribution is 7.92. The van der Waals surface area contributed by atoms with Crippen molar-refractivity contribution in [2.45, 2.75) is 48.5 Å². The SMILES string of the molecule is O=C(c1ccc(S(=O)(=O)C(F)(F)F)cc1)n1ccccc1=NC1CCCCC1. The predicted octanol–water partition coefficient (Wildman–Crippen LogP) is 3.70. The molecule has 1 heterocycles. The number of sulfone groups is 1. The van der Waals surface area contributed by atoms with Crippen molar-refractivity contribution in [2.24, 2.45) is 4.99 Å². The smallest absolute Gasteiger partial charge is 0.268 e. The molecule has 0 amide bonds. The Labute approximate surface area is 160 Å². The van der Waals surface area contributed by atoms with Crippen LogP contribution in [0.3, 0.4) is 0 Å². The van der Waals surface area contributed by atoms with Crippen molar-refractivity contribution in [3.63, 3.8) is 0 Å². The van der Waals surface area contributed by atoms with Crippen LogP contribution in [-0.2, 0) is 9.84 Å². The lowest BCUT2D eigenvalue weighted by atomic mass is 9.96. The number of benzene rings is 1. The number of pyridine rings is 1. The van der Waals surface area contributed by atoms with Crippen LogP contribution in [0.25, 0.3) is 0 Å². The highest BCUT2D eigenvalue weighted by Crippen LogP contribution is 2.30. The standard InChI is InChI=1S/C19H19F3N2O3S/c20-19(21,22)28(26,27)16-11-9-14(10-12-16)18(25)24-13-5-4-8-17(24)23-15-6-2-1-3-7-15/h4-5,8-13,15H,1-3,6-7H2. The normalized spacial score (nSPS) is 16.9. The largest absolute Gasteiger partial charge is 0.501 e. The molecule has 9 heteroatoms. The van der Waals surface area contributed by atoms with Gasteiger partial charge in [-0.25, -0.2) is 8.42 Å². The fraction of sp³-hybridized carbons (Fsp3) is 0.368. The van der Waals surface area contributed by atoms with Crippen molar-refractivity contribution in [3.8, 4) is 0 Å². The summed E-state index contributed by atoms with van der Waals surface area (Å²) in [5.74, 6) is -0.494. The number of rotatable bonds is 3. The molecule has 5 nitrogen and oxygen atoms in total. The highest BCUT2D eigenvalue weighted by atomic mass is 32.2. The molecule has 2 aromatic rings. The van der Waals surface area contributed by atoms with Crippen LogP contribution in [0.2, 0.25) is 0 Å². The van der Waals surface area contributed by atoms with Crippen molar-refractivity contribution in [1.29, 1.82) is 0 Å². The molecule has 0 saturated heterocycles. The molecule has 150 valence electrons. The number of aromatic nitrogens is 1. The maximum absolute atomic E-state index is 12.8. The van der Waals surface area contributed by atoms with Crippen LogP contribution in [0.1, 0.15) is 42.5 Å². The lowest BCUT2D eigenvalue weighted by Crippen LogP contribution is -2.29. The zero-order chi connectivity index (χ0) is 20.4. The highest BCUT2D eigenvalue weighted by Gasteiger charge is 2.46. The molecular formula is C19H19F3N2O3S. The van der Waals surface area contributed by atoms with Gasteiger partial charge in [0.05, 0.1) is 10.9 Å². The van der Waals surface area contributed by atoms with Gasteiger partial charge in [-0.05, 0) is 49.2 Å². The van der Waals surface area contributed by atoms with E-state index in [1.165, 1.54) is 17.2 Å². The molecule has 1 aromatic heterocycles. The number of hydrogen-bond donors (Lipinski definition) is 0. The Hall–Kier alpha value is -2.42. The Morgan fingerprint density at radius 3 is 2.25 bits per heavy atom. The van der Waals surface area contributed by atoms with Crippen LogP contribution in [0.5, 0.6) is 0 Å². The molecular weight excluding hydrogens is 393 g/mol. The first-order chi connectivity index (χ1) is 13.2.